The molecule has 0 spiro atoms. The third-order valence-electron chi connectivity index (χ3n) is 4.38. The molecule has 3 aromatic rings. The summed E-state index contributed by atoms with van der Waals surface area (Å²) in [5, 5.41) is 4.30. The van der Waals surface area contributed by atoms with Gasteiger partial charge in [-0.25, -0.2) is 0 Å². The zero-order valence-electron chi connectivity index (χ0n) is 16.9. The van der Waals surface area contributed by atoms with Crippen LogP contribution in [0, 0.1) is 0 Å². The molecule has 0 amide bonds. The molecule has 2 aromatic carbocycles. The number of methoxy groups -OCH3 is 1. The smallest absolute Gasteiger partial charge is 0.336 e. The Morgan fingerprint density at radius 1 is 1.07 bits per heavy atom. The van der Waals surface area contributed by atoms with Crippen molar-refractivity contribution in [2.75, 3.05) is 26.9 Å². The van der Waals surface area contributed by atoms with Crippen molar-refractivity contribution in [1.29, 1.82) is 0 Å². The summed E-state index contributed by atoms with van der Waals surface area (Å²) in [5.74, 6) is 0.704. The van der Waals surface area contributed by atoms with Gasteiger partial charge < -0.3 is 14.2 Å². The highest BCUT2D eigenvalue weighted by atomic mass is 16.5. The van der Waals surface area contributed by atoms with Crippen molar-refractivity contribution in [3.63, 3.8) is 0 Å². The summed E-state index contributed by atoms with van der Waals surface area (Å²) in [4.78, 5) is 17.6. The molecule has 1 heterocycles. The van der Waals surface area contributed by atoms with Gasteiger partial charge in [-0.15, -0.1) is 5.10 Å². The molecule has 0 aliphatic heterocycles. The van der Waals surface area contributed by atoms with Crippen LogP contribution < -0.4 is 9.47 Å². The Kier molecular flexibility index (Phi) is 6.97. The molecule has 0 aliphatic carbocycles. The van der Waals surface area contributed by atoms with E-state index in [1.54, 1.807) is 31.4 Å². The van der Waals surface area contributed by atoms with Crippen molar-refractivity contribution in [3.05, 3.63) is 59.7 Å². The Morgan fingerprint density at radius 3 is 2.55 bits per heavy atom. The van der Waals surface area contributed by atoms with Crippen LogP contribution in [0.3, 0.4) is 0 Å². The number of aromatic nitrogens is 3. The first-order valence-corrected chi connectivity index (χ1v) is 9.62. The zero-order valence-corrected chi connectivity index (χ0v) is 16.9. The van der Waals surface area contributed by atoms with Crippen molar-refractivity contribution in [2.45, 2.75) is 20.3 Å². The molecule has 1 aromatic heterocycles. The van der Waals surface area contributed by atoms with E-state index in [1.807, 2.05) is 31.2 Å². The average Bonchev–Trinajstić information content (AvgIpc) is 3.20. The van der Waals surface area contributed by atoms with Crippen molar-refractivity contribution in [1.82, 2.24) is 14.8 Å². The second-order valence-corrected chi connectivity index (χ2v) is 6.26. The molecule has 0 atom stereocenters. The summed E-state index contributed by atoms with van der Waals surface area (Å²) in [6, 6.07) is 15.0. The van der Waals surface area contributed by atoms with Crippen LogP contribution in [0.5, 0.6) is 11.8 Å². The topological polar surface area (TPSA) is 75.5 Å². The van der Waals surface area contributed by atoms with Crippen LogP contribution in [0.2, 0.25) is 0 Å². The molecular formula is C22H25N3O4. The van der Waals surface area contributed by atoms with Crippen molar-refractivity contribution in [3.8, 4) is 23.1 Å². The maximum atomic E-state index is 13.1. The van der Waals surface area contributed by atoms with Gasteiger partial charge in [-0.05, 0) is 37.1 Å². The summed E-state index contributed by atoms with van der Waals surface area (Å²) in [6.07, 6.45) is 0.932. The predicted octanol–water partition coefficient (Wildman–Crippen LogP) is 3.62. The largest absolute Gasteiger partial charge is 0.497 e. The normalized spacial score (nSPS) is 10.7. The van der Waals surface area contributed by atoms with E-state index >= 15 is 0 Å². The van der Waals surface area contributed by atoms with Gasteiger partial charge in [0.15, 0.2) is 5.82 Å². The van der Waals surface area contributed by atoms with Gasteiger partial charge >= 0.3 is 6.01 Å². The molecule has 0 unspecified atom stereocenters. The summed E-state index contributed by atoms with van der Waals surface area (Å²) < 4.78 is 17.4. The molecule has 0 bridgehead atoms. The molecule has 0 aliphatic rings. The van der Waals surface area contributed by atoms with E-state index in [4.69, 9.17) is 14.2 Å². The second-order valence-electron chi connectivity index (χ2n) is 6.26. The lowest BCUT2D eigenvalue weighted by atomic mass is 10.1. The first-order valence-electron chi connectivity index (χ1n) is 9.62. The molecule has 0 N–H and O–H groups in total. The Hall–Kier alpha value is -3.19. The maximum Gasteiger partial charge on any atom is 0.336 e. The number of ether oxygens (including phenoxy) is 3. The average molecular weight is 395 g/mol. The van der Waals surface area contributed by atoms with Gasteiger partial charge in [0.05, 0.1) is 13.7 Å². The highest BCUT2D eigenvalue weighted by molar-refractivity contribution is 5.97. The molecule has 0 fully saturated rings. The van der Waals surface area contributed by atoms with Crippen molar-refractivity contribution in [2.24, 2.45) is 0 Å². The molecule has 29 heavy (non-hydrogen) atoms. The van der Waals surface area contributed by atoms with Gasteiger partial charge in [0.2, 0.25) is 0 Å². The van der Waals surface area contributed by atoms with Crippen LogP contribution >= 0.6 is 0 Å². The number of carbonyl (C=O) groups is 1. The molecule has 3 rings (SSSR count). The van der Waals surface area contributed by atoms with Crippen LogP contribution in [-0.4, -0.2) is 47.6 Å². The lowest BCUT2D eigenvalue weighted by Gasteiger charge is -2.07. The molecule has 152 valence electrons. The monoisotopic (exact) mass is 395 g/mol. The molecule has 0 radical (unpaired) electrons. The van der Waals surface area contributed by atoms with E-state index < -0.39 is 0 Å². The number of rotatable bonds is 9. The minimum absolute atomic E-state index is 0.135. The van der Waals surface area contributed by atoms with E-state index in [0.717, 1.165) is 12.0 Å². The van der Waals surface area contributed by atoms with Gasteiger partial charge in [0.1, 0.15) is 12.4 Å². The fourth-order valence-corrected chi connectivity index (χ4v) is 2.79. The summed E-state index contributed by atoms with van der Waals surface area (Å²) in [7, 11) is 1.56. The molecule has 0 saturated carbocycles. The third kappa shape index (κ3) is 5.00. The van der Waals surface area contributed by atoms with Crippen LogP contribution in [0.1, 0.15) is 29.8 Å². The first-order chi connectivity index (χ1) is 14.2. The van der Waals surface area contributed by atoms with Gasteiger partial charge in [0, 0.05) is 17.7 Å². The Labute approximate surface area is 170 Å². The Morgan fingerprint density at radius 2 is 1.86 bits per heavy atom. The molecule has 7 heteroatoms. The maximum absolute atomic E-state index is 13.1. The first kappa shape index (κ1) is 20.5. The minimum Gasteiger partial charge on any atom is -0.497 e. The van der Waals surface area contributed by atoms with E-state index in [1.165, 1.54) is 10.2 Å². The number of aryl methyl sites for hydroxylation is 1. The van der Waals surface area contributed by atoms with E-state index in [0.29, 0.717) is 37.0 Å². The van der Waals surface area contributed by atoms with E-state index in [9.17, 15) is 4.79 Å². The highest BCUT2D eigenvalue weighted by Crippen LogP contribution is 2.23. The fraction of sp³-hybridized carbons (Fsp3) is 0.318. The third-order valence-corrected chi connectivity index (χ3v) is 4.38. The summed E-state index contributed by atoms with van der Waals surface area (Å²) in [5.41, 5.74) is 2.43. The van der Waals surface area contributed by atoms with Crippen LogP contribution in [0.15, 0.2) is 48.5 Å². The van der Waals surface area contributed by atoms with Crippen molar-refractivity contribution < 1.29 is 19.0 Å². The fourth-order valence-electron chi connectivity index (χ4n) is 2.79. The van der Waals surface area contributed by atoms with Gasteiger partial charge in [-0.2, -0.15) is 9.67 Å². The van der Waals surface area contributed by atoms with Crippen molar-refractivity contribution >= 4 is 5.91 Å². The lowest BCUT2D eigenvalue weighted by Crippen LogP contribution is -2.15. The van der Waals surface area contributed by atoms with E-state index in [2.05, 4.69) is 17.0 Å². The summed E-state index contributed by atoms with van der Waals surface area (Å²) >= 11 is 0. The van der Waals surface area contributed by atoms with Crippen LogP contribution in [0.4, 0.5) is 0 Å². The quantitative estimate of drug-likeness (QED) is 0.515. The summed E-state index contributed by atoms with van der Waals surface area (Å²) in [6.45, 7) is 5.34. The Balaban J connectivity index is 1.95. The van der Waals surface area contributed by atoms with Gasteiger partial charge in [-0.1, -0.05) is 37.3 Å². The van der Waals surface area contributed by atoms with E-state index in [-0.39, 0.29) is 11.9 Å². The minimum atomic E-state index is -0.314. The number of nitrogens with zero attached hydrogens (tertiary/aromatic N) is 3. The van der Waals surface area contributed by atoms with Crippen LogP contribution in [0.25, 0.3) is 11.4 Å². The van der Waals surface area contributed by atoms with Gasteiger partial charge in [-0.3, -0.25) is 4.79 Å². The SMILES string of the molecule is CCOCCOc1nc(-c2ccc(CC)cc2)n(C(=O)c2cccc(OC)c2)n1. The number of hydrogen-bond acceptors (Lipinski definition) is 6. The number of carbonyl (C=O) groups excluding carboxylic acids is 1. The molecule has 0 saturated heterocycles. The van der Waals surface area contributed by atoms with Gasteiger partial charge in [0.25, 0.3) is 5.91 Å². The Bertz CT molecular complexity index is 951. The highest BCUT2D eigenvalue weighted by Gasteiger charge is 2.20. The number of benzene rings is 2. The number of hydrogen-bond donors (Lipinski definition) is 0. The second kappa shape index (κ2) is 9.84. The lowest BCUT2D eigenvalue weighted by molar-refractivity contribution is 0.0937. The molecule has 7 nitrogen and oxygen atoms in total. The van der Waals surface area contributed by atoms with Crippen LogP contribution in [-0.2, 0) is 11.2 Å². The zero-order chi connectivity index (χ0) is 20.6. The molecular weight excluding hydrogens is 370 g/mol. The standard InChI is InChI=1S/C22H25N3O4/c1-4-16-9-11-17(12-10-16)20-23-22(29-14-13-28-5-2)24-25(20)21(26)18-7-6-8-19(15-18)27-3/h6-12,15H,4-5,13-14H2,1-3H3. The predicted molar refractivity (Wildman–Crippen MR) is 110 cm³/mol.